The van der Waals surface area contributed by atoms with E-state index in [-0.39, 0.29) is 17.6 Å². The van der Waals surface area contributed by atoms with Crippen molar-refractivity contribution in [3.05, 3.63) is 82.6 Å². The molecule has 0 aliphatic carbocycles. The van der Waals surface area contributed by atoms with Crippen molar-refractivity contribution >= 4 is 61.6 Å². The molecule has 2 N–H and O–H groups in total. The van der Waals surface area contributed by atoms with E-state index in [9.17, 15) is 8.42 Å². The summed E-state index contributed by atoms with van der Waals surface area (Å²) in [6.45, 7) is 6.47. The second-order valence-electron chi connectivity index (χ2n) is 10.7. The number of aromatic nitrogens is 1. The molecule has 3 heterocycles. The Bertz CT molecular complexity index is 1630. The summed E-state index contributed by atoms with van der Waals surface area (Å²) in [7, 11) is 0.0693. The quantitative estimate of drug-likeness (QED) is 0.339. The van der Waals surface area contributed by atoms with Crippen LogP contribution in [0.25, 0.3) is 5.57 Å². The van der Waals surface area contributed by atoms with Crippen molar-refractivity contribution in [2.24, 2.45) is 0 Å². The number of pyridine rings is 1. The van der Waals surface area contributed by atoms with Crippen molar-refractivity contribution in [2.45, 2.75) is 38.4 Å². The van der Waals surface area contributed by atoms with Crippen molar-refractivity contribution in [3.8, 4) is 5.75 Å². The lowest BCUT2D eigenvalue weighted by Gasteiger charge is -2.41. The fourth-order valence-corrected chi connectivity index (χ4v) is 6.66. The average molecular weight is 598 g/mol. The number of hydrogen-bond donors (Lipinski definition) is 2. The van der Waals surface area contributed by atoms with Gasteiger partial charge in [-0.3, -0.25) is 9.71 Å². The summed E-state index contributed by atoms with van der Waals surface area (Å²) in [5.41, 5.74) is 5.94. The zero-order valence-electron chi connectivity index (χ0n) is 23.2. The van der Waals surface area contributed by atoms with E-state index in [0.717, 1.165) is 34.5 Å². The van der Waals surface area contributed by atoms with Gasteiger partial charge in [-0.05, 0) is 80.5 Å². The van der Waals surface area contributed by atoms with Crippen LogP contribution in [0.3, 0.4) is 0 Å². The topological polar surface area (TPSA) is 86.8 Å². The molecule has 1 fully saturated rings. The number of nitrogens with one attached hydrogen (secondary N) is 2. The van der Waals surface area contributed by atoms with Crippen LogP contribution in [0.1, 0.15) is 49.7 Å². The number of anilines is 3. The first-order valence-electron chi connectivity index (χ1n) is 12.7. The lowest BCUT2D eigenvalue weighted by molar-refractivity contribution is 0.417. The Morgan fingerprint density at radius 3 is 2.58 bits per heavy atom. The summed E-state index contributed by atoms with van der Waals surface area (Å²) in [4.78, 5) is 8.86. The monoisotopic (exact) mass is 597 g/mol. The molecule has 0 saturated carbocycles. The largest absolute Gasteiger partial charge is 0.494 e. The molecular weight excluding hydrogens is 566 g/mol. The highest BCUT2D eigenvalue weighted by Crippen LogP contribution is 2.48. The molecule has 0 amide bonds. The number of allylic oxidation sites excluding steroid dienone is 1. The Hall–Kier alpha value is -3.34. The predicted molar refractivity (Wildman–Crippen MR) is 167 cm³/mol. The molecule has 0 spiro atoms. The van der Waals surface area contributed by atoms with Gasteiger partial charge in [-0.1, -0.05) is 23.7 Å². The molecule has 2 aromatic carbocycles. The Morgan fingerprint density at radius 1 is 1.18 bits per heavy atom. The van der Waals surface area contributed by atoms with Crippen LogP contribution < -0.4 is 24.6 Å². The molecule has 1 aromatic heterocycles. The van der Waals surface area contributed by atoms with Crippen LogP contribution in [0, 0.1) is 0 Å². The van der Waals surface area contributed by atoms with Crippen molar-refractivity contribution in [1.82, 2.24) is 10.3 Å². The zero-order valence-corrected chi connectivity index (χ0v) is 25.6. The van der Waals surface area contributed by atoms with Gasteiger partial charge in [-0.25, -0.2) is 8.42 Å². The normalized spacial score (nSPS) is 20.1. The maximum atomic E-state index is 11.9. The number of methoxy groups -OCH3 is 1. The smallest absolute Gasteiger partial charge is 0.229 e. The number of likely N-dealkylation sites (N-methyl/N-ethyl adjacent to an activating group) is 1. The number of thiocarbonyl (C=S) groups is 1. The van der Waals surface area contributed by atoms with Crippen LogP contribution >= 0.6 is 23.8 Å². The molecule has 2 atom stereocenters. The van der Waals surface area contributed by atoms with E-state index in [1.807, 2.05) is 35.2 Å². The van der Waals surface area contributed by atoms with Crippen molar-refractivity contribution in [3.63, 3.8) is 0 Å². The van der Waals surface area contributed by atoms with Crippen molar-refractivity contribution in [1.29, 1.82) is 0 Å². The summed E-state index contributed by atoms with van der Waals surface area (Å²) in [6, 6.07) is 14.5. The van der Waals surface area contributed by atoms with Crippen molar-refractivity contribution < 1.29 is 13.2 Å². The van der Waals surface area contributed by atoms with E-state index in [1.165, 1.54) is 12.7 Å². The van der Waals surface area contributed by atoms with E-state index in [4.69, 9.17) is 28.6 Å². The SMILES string of the molecule is COc1cc(N2C(=S)N[C@@H](c3ccccn3)[C@H]2c2cc3c(cc2Cl)N(C)C(C)(C)C=C3C)ccc1NS(C)(=O)=O. The first-order valence-corrected chi connectivity index (χ1v) is 15.4. The number of fused-ring (bicyclic) bond motifs is 1. The van der Waals surface area contributed by atoms with Gasteiger partial charge in [0.2, 0.25) is 10.0 Å². The molecule has 5 rings (SSSR count). The minimum Gasteiger partial charge on any atom is -0.494 e. The van der Waals surface area contributed by atoms with Crippen LogP contribution in [0.2, 0.25) is 5.02 Å². The number of ether oxygens (including phenoxy) is 1. The zero-order chi connectivity index (χ0) is 29.0. The lowest BCUT2D eigenvalue weighted by atomic mass is 9.86. The second-order valence-corrected chi connectivity index (χ2v) is 13.2. The van der Waals surface area contributed by atoms with Crippen LogP contribution in [0.4, 0.5) is 17.1 Å². The van der Waals surface area contributed by atoms with E-state index in [0.29, 0.717) is 21.6 Å². The molecule has 2 aliphatic rings. The number of hydrogen-bond acceptors (Lipinski definition) is 6. The average Bonchev–Trinajstić information content (AvgIpc) is 3.23. The fourth-order valence-electron chi connectivity index (χ4n) is 5.48. The highest BCUT2D eigenvalue weighted by Gasteiger charge is 2.43. The van der Waals surface area contributed by atoms with Gasteiger partial charge in [0.25, 0.3) is 0 Å². The van der Waals surface area contributed by atoms with Crippen LogP contribution in [-0.4, -0.2) is 44.5 Å². The summed E-state index contributed by atoms with van der Waals surface area (Å²) >= 11 is 13.0. The van der Waals surface area contributed by atoms with Gasteiger partial charge in [0.05, 0.1) is 42.4 Å². The molecule has 11 heteroatoms. The molecule has 0 bridgehead atoms. The predicted octanol–water partition coefficient (Wildman–Crippen LogP) is 5.92. The third kappa shape index (κ3) is 5.11. The van der Waals surface area contributed by atoms with Gasteiger partial charge in [0, 0.05) is 41.3 Å². The lowest BCUT2D eigenvalue weighted by Crippen LogP contribution is -2.42. The number of nitrogens with zero attached hydrogens (tertiary/aromatic N) is 3. The standard InChI is InChI=1S/C29H32ClN5O3S2/c1-17-16-29(2,3)34(4)24-15-21(30)20(14-19(17)24)27-26(23-9-7-8-12-31-23)32-28(39)35(27)18-10-11-22(25(13-18)38-5)33-40(6,36)37/h7-16,26-27,33H,1-6H3,(H,32,39)/t26-,27+/m0/s1. The fraction of sp³-hybridized carbons (Fsp3) is 0.310. The Labute approximate surface area is 246 Å². The minimum atomic E-state index is -3.50. The van der Waals surface area contributed by atoms with Gasteiger partial charge in [-0.2, -0.15) is 0 Å². The van der Waals surface area contributed by atoms with Crippen LogP contribution in [-0.2, 0) is 10.0 Å². The van der Waals surface area contributed by atoms with E-state index in [1.54, 1.807) is 18.3 Å². The summed E-state index contributed by atoms with van der Waals surface area (Å²) in [5.74, 6) is 0.366. The Kier molecular flexibility index (Phi) is 7.22. The van der Waals surface area contributed by atoms with Gasteiger partial charge < -0.3 is 19.9 Å². The Balaban J connectivity index is 1.68. The summed E-state index contributed by atoms with van der Waals surface area (Å²) in [6.07, 6.45) is 5.12. The molecular formula is C29H32ClN5O3S2. The Morgan fingerprint density at radius 2 is 1.93 bits per heavy atom. The maximum absolute atomic E-state index is 11.9. The number of sulfonamides is 1. The second kappa shape index (κ2) is 10.2. The van der Waals surface area contributed by atoms with Gasteiger partial charge in [-0.15, -0.1) is 0 Å². The maximum Gasteiger partial charge on any atom is 0.229 e. The molecule has 2 aliphatic heterocycles. The van der Waals surface area contributed by atoms with Crippen molar-refractivity contribution in [2.75, 3.05) is 34.9 Å². The van der Waals surface area contributed by atoms with Crippen LogP contribution in [0.15, 0.2) is 60.8 Å². The third-order valence-corrected chi connectivity index (χ3v) is 8.74. The van der Waals surface area contributed by atoms with Crippen LogP contribution in [0.5, 0.6) is 5.75 Å². The first kappa shape index (κ1) is 28.2. The van der Waals surface area contributed by atoms with Gasteiger partial charge >= 0.3 is 0 Å². The van der Waals surface area contributed by atoms with Gasteiger partial charge in [0.1, 0.15) is 5.75 Å². The number of benzene rings is 2. The number of halogens is 1. The molecule has 1 saturated heterocycles. The summed E-state index contributed by atoms with van der Waals surface area (Å²) in [5, 5.41) is 4.56. The van der Waals surface area contributed by atoms with E-state index >= 15 is 0 Å². The molecule has 0 unspecified atom stereocenters. The molecule has 3 aromatic rings. The first-order chi connectivity index (χ1) is 18.8. The van der Waals surface area contributed by atoms with E-state index < -0.39 is 10.0 Å². The molecule has 8 nitrogen and oxygen atoms in total. The van der Waals surface area contributed by atoms with E-state index in [2.05, 4.69) is 59.9 Å². The minimum absolute atomic E-state index is 0.154. The molecule has 0 radical (unpaired) electrons. The highest BCUT2D eigenvalue weighted by atomic mass is 35.5. The highest BCUT2D eigenvalue weighted by molar-refractivity contribution is 7.92. The third-order valence-electron chi connectivity index (χ3n) is 7.51. The van der Waals surface area contributed by atoms with Gasteiger partial charge in [0.15, 0.2) is 5.11 Å². The number of rotatable bonds is 6. The summed E-state index contributed by atoms with van der Waals surface area (Å²) < 4.78 is 31.9. The molecule has 40 heavy (non-hydrogen) atoms. The molecule has 210 valence electrons.